The van der Waals surface area contributed by atoms with Crippen molar-refractivity contribution in [2.75, 3.05) is 19.6 Å². The molecule has 0 radical (unpaired) electrons. The molecule has 0 N–H and O–H groups in total. The van der Waals surface area contributed by atoms with Crippen LogP contribution in [0.2, 0.25) is 0 Å². The summed E-state index contributed by atoms with van der Waals surface area (Å²) in [5, 5.41) is 4.61. The molecule has 0 spiro atoms. The molecule has 0 fully saturated rings. The number of hydrogen-bond donors (Lipinski definition) is 0. The SMILES string of the molecule is c1ccc(-c2nc(-c3ccccc3)nc(-c3ccc(-c4ccc(-n5c6ccc(N(c7ccccc7)c7ccccc7)cc6c6cc(N(c7ccccc7)c7ccccc7)ccc65)cc4)cc3)n2)cc1.c1ccc(-c2nc(-c3ccccc3)nc(-c3cccc(-c4cccc(-n5c6ccc(N(c7ccccc7)c7ccccc7)cc6c6cc(N(c7ccccc7)c7ccccc7)ccc65)c4)c3)n2)cc1. The molecule has 0 saturated heterocycles. The van der Waals surface area contributed by atoms with Crippen molar-refractivity contribution in [3.63, 3.8) is 0 Å². The van der Waals surface area contributed by atoms with Crippen LogP contribution in [0.25, 0.3) is 146 Å². The van der Waals surface area contributed by atoms with Crippen molar-refractivity contribution in [1.29, 1.82) is 0 Å². The Morgan fingerprint density at radius 2 is 0.319 bits per heavy atom. The first-order valence-corrected chi connectivity index (χ1v) is 46.4. The molecule has 0 atom stereocenters. The van der Waals surface area contributed by atoms with Gasteiger partial charge in [-0.05, 0) is 222 Å². The lowest BCUT2D eigenvalue weighted by Crippen LogP contribution is -2.09. The lowest BCUT2D eigenvalue weighted by Gasteiger charge is -2.26. The summed E-state index contributed by atoms with van der Waals surface area (Å²) in [7, 11) is 0. The molecule has 0 bridgehead atoms. The maximum atomic E-state index is 5.04. The third-order valence-electron chi connectivity index (χ3n) is 25.2. The highest BCUT2D eigenvalue weighted by Gasteiger charge is 2.26. The van der Waals surface area contributed by atoms with Gasteiger partial charge in [0.25, 0.3) is 0 Å². The summed E-state index contributed by atoms with van der Waals surface area (Å²) >= 11 is 0. The molecule has 12 nitrogen and oxygen atoms in total. The maximum absolute atomic E-state index is 5.04. The highest BCUT2D eigenvalue weighted by atomic mass is 15.2. The summed E-state index contributed by atoms with van der Waals surface area (Å²) in [4.78, 5) is 39.1. The molecule has 0 saturated carbocycles. The number of hydrogen-bond acceptors (Lipinski definition) is 10. The molecule has 0 aliphatic rings. The summed E-state index contributed by atoms with van der Waals surface area (Å²) < 4.78 is 4.80. The van der Waals surface area contributed by atoms with Gasteiger partial charge in [0, 0.05) is 135 Å². The fraction of sp³-hybridized carbons (Fsp3) is 0. The number of rotatable bonds is 22. The molecular formula is C126H88N12. The molecule has 0 aliphatic carbocycles. The Hall–Kier alpha value is -18.8. The molecule has 24 rings (SSSR count). The minimum atomic E-state index is 0.620. The lowest BCUT2D eigenvalue weighted by atomic mass is 10.0. The van der Waals surface area contributed by atoms with Crippen LogP contribution in [0.15, 0.2) is 534 Å². The Balaban J connectivity index is 0.000000155. The van der Waals surface area contributed by atoms with E-state index in [1.807, 2.05) is 121 Å². The van der Waals surface area contributed by atoms with E-state index in [9.17, 15) is 0 Å². The second-order valence-electron chi connectivity index (χ2n) is 33.8. The van der Waals surface area contributed by atoms with E-state index in [2.05, 4.69) is 441 Å². The van der Waals surface area contributed by atoms with E-state index in [0.717, 1.165) is 179 Å². The maximum Gasteiger partial charge on any atom is 0.164 e. The van der Waals surface area contributed by atoms with Crippen LogP contribution in [-0.4, -0.2) is 39.0 Å². The van der Waals surface area contributed by atoms with E-state index in [4.69, 9.17) is 29.9 Å². The second-order valence-corrected chi connectivity index (χ2v) is 33.8. The third-order valence-corrected chi connectivity index (χ3v) is 25.2. The minimum Gasteiger partial charge on any atom is -0.310 e. The Labute approximate surface area is 800 Å². The molecule has 20 aromatic carbocycles. The first-order chi connectivity index (χ1) is 68.4. The Bertz CT molecular complexity index is 7830. The number of fused-ring (bicyclic) bond motifs is 6. The Morgan fingerprint density at radius 1 is 0.123 bits per heavy atom. The number of nitrogens with zero attached hydrogens (tertiary/aromatic N) is 12. The van der Waals surface area contributed by atoms with Gasteiger partial charge in [0.15, 0.2) is 34.9 Å². The molecule has 138 heavy (non-hydrogen) atoms. The van der Waals surface area contributed by atoms with Crippen molar-refractivity contribution in [3.8, 4) is 102 Å². The molecule has 24 aromatic rings. The van der Waals surface area contributed by atoms with Crippen molar-refractivity contribution in [1.82, 2.24) is 39.0 Å². The predicted molar refractivity (Wildman–Crippen MR) is 571 cm³/mol. The van der Waals surface area contributed by atoms with Crippen LogP contribution in [-0.2, 0) is 0 Å². The van der Waals surface area contributed by atoms with Crippen LogP contribution in [0.1, 0.15) is 0 Å². The third kappa shape index (κ3) is 17.0. The number of benzene rings is 20. The van der Waals surface area contributed by atoms with E-state index in [0.29, 0.717) is 34.9 Å². The van der Waals surface area contributed by atoms with Gasteiger partial charge in [-0.2, -0.15) is 0 Å². The van der Waals surface area contributed by atoms with Crippen LogP contribution in [0.4, 0.5) is 68.2 Å². The van der Waals surface area contributed by atoms with Gasteiger partial charge >= 0.3 is 0 Å². The topological polar surface area (TPSA) is 100 Å². The highest BCUT2D eigenvalue weighted by Crippen LogP contribution is 2.47. The van der Waals surface area contributed by atoms with E-state index in [1.165, 1.54) is 0 Å². The number of aromatic nitrogens is 8. The van der Waals surface area contributed by atoms with Crippen LogP contribution >= 0.6 is 0 Å². The Kier molecular flexibility index (Phi) is 22.9. The monoisotopic (exact) mass is 1770 g/mol. The molecule has 0 aliphatic heterocycles. The van der Waals surface area contributed by atoms with Crippen molar-refractivity contribution in [2.45, 2.75) is 0 Å². The van der Waals surface area contributed by atoms with E-state index in [1.54, 1.807) is 0 Å². The molecule has 4 aromatic heterocycles. The van der Waals surface area contributed by atoms with Crippen LogP contribution in [0.3, 0.4) is 0 Å². The first kappa shape index (κ1) is 83.5. The van der Waals surface area contributed by atoms with Gasteiger partial charge < -0.3 is 28.7 Å². The normalized spacial score (nSPS) is 11.2. The zero-order valence-corrected chi connectivity index (χ0v) is 75.2. The zero-order chi connectivity index (χ0) is 91.9. The molecule has 4 heterocycles. The first-order valence-electron chi connectivity index (χ1n) is 46.4. The summed E-state index contributed by atoms with van der Waals surface area (Å²) in [6.07, 6.45) is 0. The van der Waals surface area contributed by atoms with Crippen molar-refractivity contribution < 1.29 is 0 Å². The quantitative estimate of drug-likeness (QED) is 0.0652. The fourth-order valence-electron chi connectivity index (χ4n) is 18.7. The lowest BCUT2D eigenvalue weighted by molar-refractivity contribution is 1.07. The van der Waals surface area contributed by atoms with Gasteiger partial charge in [-0.25, -0.2) is 29.9 Å². The average molecular weight is 1770 g/mol. The largest absolute Gasteiger partial charge is 0.310 e. The van der Waals surface area contributed by atoms with Gasteiger partial charge in [-0.1, -0.05) is 334 Å². The molecule has 12 heteroatoms. The number of anilines is 12. The van der Waals surface area contributed by atoms with E-state index < -0.39 is 0 Å². The summed E-state index contributed by atoms with van der Waals surface area (Å²) in [6.45, 7) is 0. The van der Waals surface area contributed by atoms with Crippen molar-refractivity contribution in [3.05, 3.63) is 534 Å². The van der Waals surface area contributed by atoms with E-state index >= 15 is 0 Å². The standard InChI is InChI=1S/2C63H44N6/c1-7-21-45(22-8-1)61-64-62(46-23-9-2-10-24-46)66-63(65-61)49-27-19-25-47(41-49)48-26-20-36-54(42-48)69-59-39-37-55(67(50-28-11-3-12-29-50)51-30-13-4-14-31-51)43-57(59)58-44-56(38-40-60(58)69)68(52-32-15-5-16-33-52)53-34-17-6-18-35-53;1-7-19-47(20-8-1)61-64-62(48-21-9-2-10-22-48)66-63(65-61)49-33-31-45(32-34-49)46-35-37-54(38-36-46)69-59-41-39-55(67(50-23-11-3-12-24-50)51-25-13-4-14-26-51)43-57(59)58-44-56(40-42-60(58)69)68(52-27-15-5-16-28-52)53-29-17-6-18-30-53/h2*1-44H. The number of para-hydroxylation sites is 8. The van der Waals surface area contributed by atoms with Gasteiger partial charge in [-0.3, -0.25) is 0 Å². The molecule has 0 amide bonds. The predicted octanol–water partition coefficient (Wildman–Crippen LogP) is 33.2. The van der Waals surface area contributed by atoms with Crippen LogP contribution in [0, 0.1) is 0 Å². The molecule has 0 unspecified atom stereocenters. The van der Waals surface area contributed by atoms with Gasteiger partial charge in [0.1, 0.15) is 0 Å². The van der Waals surface area contributed by atoms with Crippen LogP contribution < -0.4 is 19.6 Å². The highest BCUT2D eigenvalue weighted by molar-refractivity contribution is 6.14. The van der Waals surface area contributed by atoms with Crippen LogP contribution in [0.5, 0.6) is 0 Å². The zero-order valence-electron chi connectivity index (χ0n) is 75.2. The van der Waals surface area contributed by atoms with Crippen molar-refractivity contribution in [2.24, 2.45) is 0 Å². The molecule has 652 valence electrons. The average Bonchev–Trinajstić information content (AvgIpc) is 1.58. The van der Waals surface area contributed by atoms with Gasteiger partial charge in [-0.15, -0.1) is 0 Å². The summed E-state index contributed by atoms with van der Waals surface area (Å²) in [6, 6.07) is 187. The van der Waals surface area contributed by atoms with E-state index in [-0.39, 0.29) is 0 Å². The van der Waals surface area contributed by atoms with Gasteiger partial charge in [0.2, 0.25) is 0 Å². The summed E-state index contributed by atoms with van der Waals surface area (Å²) in [5.41, 5.74) is 29.6. The fourth-order valence-corrected chi connectivity index (χ4v) is 18.7. The minimum absolute atomic E-state index is 0.620. The van der Waals surface area contributed by atoms with Crippen molar-refractivity contribution >= 4 is 112 Å². The Morgan fingerprint density at radius 3 is 0.587 bits per heavy atom. The molecular weight excluding hydrogens is 1680 g/mol. The van der Waals surface area contributed by atoms with Gasteiger partial charge in [0.05, 0.1) is 22.1 Å². The smallest absolute Gasteiger partial charge is 0.164 e. The second kappa shape index (κ2) is 37.8. The summed E-state index contributed by atoms with van der Waals surface area (Å²) in [5.74, 6) is 3.81.